The maximum atomic E-state index is 13.9. The third-order valence-electron chi connectivity index (χ3n) is 6.70. The number of rotatable bonds is 3. The normalized spacial score (nSPS) is 22.1. The number of likely N-dealkylation sites (tertiary alicyclic amines) is 1. The maximum absolute atomic E-state index is 13.9. The number of benzene rings is 1. The average Bonchev–Trinajstić information content (AvgIpc) is 3.46. The Hall–Kier alpha value is -3.07. The zero-order valence-electron chi connectivity index (χ0n) is 19.5. The van der Waals surface area contributed by atoms with E-state index >= 15 is 0 Å². The first-order valence-corrected chi connectivity index (χ1v) is 12.3. The van der Waals surface area contributed by atoms with Crippen LogP contribution in [-0.4, -0.2) is 50.2 Å². The molecule has 2 aliphatic rings. The van der Waals surface area contributed by atoms with Crippen molar-refractivity contribution < 1.29 is 18.7 Å². The molecular formula is C25H27FN4O3S. The van der Waals surface area contributed by atoms with Crippen molar-refractivity contribution in [1.82, 2.24) is 19.7 Å². The summed E-state index contributed by atoms with van der Waals surface area (Å²) in [6, 6.07) is 6.25. The first-order chi connectivity index (χ1) is 16.2. The van der Waals surface area contributed by atoms with E-state index in [1.165, 1.54) is 23.5 Å². The molecule has 2 atom stereocenters. The van der Waals surface area contributed by atoms with Crippen LogP contribution in [0.25, 0.3) is 5.69 Å². The van der Waals surface area contributed by atoms with Gasteiger partial charge in [-0.3, -0.25) is 4.79 Å². The van der Waals surface area contributed by atoms with Crippen LogP contribution in [0.3, 0.4) is 0 Å². The van der Waals surface area contributed by atoms with Gasteiger partial charge in [-0.2, -0.15) is 5.10 Å². The highest BCUT2D eigenvalue weighted by molar-refractivity contribution is 7.11. The quantitative estimate of drug-likeness (QED) is 0.506. The summed E-state index contributed by atoms with van der Waals surface area (Å²) in [5.41, 5.74) is 1.38. The van der Waals surface area contributed by atoms with Gasteiger partial charge in [-0.15, -0.1) is 11.3 Å². The predicted molar refractivity (Wildman–Crippen MR) is 126 cm³/mol. The number of piperidine rings is 1. The first-order valence-electron chi connectivity index (χ1n) is 11.4. The molecule has 0 bridgehead atoms. The van der Waals surface area contributed by atoms with Crippen LogP contribution in [0.15, 0.2) is 42.0 Å². The molecule has 1 aliphatic carbocycles. The van der Waals surface area contributed by atoms with Crippen molar-refractivity contribution >= 4 is 23.2 Å². The third-order valence-corrected chi connectivity index (χ3v) is 7.48. The van der Waals surface area contributed by atoms with Gasteiger partial charge >= 0.3 is 6.09 Å². The van der Waals surface area contributed by atoms with Gasteiger partial charge in [0.2, 0.25) is 0 Å². The smallest absolute Gasteiger partial charge is 0.410 e. The SMILES string of the molecule is CC(C)(C)OC(=O)N1CC[C@H]2Cc3c(cnn3-c3ccc(F)cc3)C[C@@]2(C(=O)c2nccs2)C1. The number of ether oxygens (including phenoxy) is 1. The van der Waals surface area contributed by atoms with Crippen molar-refractivity contribution in [2.45, 2.75) is 45.6 Å². The van der Waals surface area contributed by atoms with Gasteiger partial charge in [0.1, 0.15) is 11.4 Å². The van der Waals surface area contributed by atoms with Gasteiger partial charge in [0.15, 0.2) is 10.8 Å². The molecule has 1 fully saturated rings. The van der Waals surface area contributed by atoms with Crippen molar-refractivity contribution in [1.29, 1.82) is 0 Å². The fourth-order valence-corrected chi connectivity index (χ4v) is 5.84. The Morgan fingerprint density at radius 1 is 1.24 bits per heavy atom. The molecule has 1 aromatic carbocycles. The number of carbonyl (C=O) groups excluding carboxylic acids is 2. The number of fused-ring (bicyclic) bond motifs is 2. The van der Waals surface area contributed by atoms with Crippen LogP contribution in [0.1, 0.15) is 48.3 Å². The molecule has 34 heavy (non-hydrogen) atoms. The Balaban J connectivity index is 1.52. The van der Waals surface area contributed by atoms with Crippen LogP contribution in [0.2, 0.25) is 0 Å². The minimum Gasteiger partial charge on any atom is -0.444 e. The van der Waals surface area contributed by atoms with E-state index in [0.717, 1.165) is 16.9 Å². The number of thiazole rings is 1. The second kappa shape index (κ2) is 8.30. The molecule has 178 valence electrons. The van der Waals surface area contributed by atoms with Crippen LogP contribution >= 0.6 is 11.3 Å². The average molecular weight is 483 g/mol. The van der Waals surface area contributed by atoms with E-state index in [9.17, 15) is 14.0 Å². The zero-order chi connectivity index (χ0) is 24.1. The molecular weight excluding hydrogens is 455 g/mol. The highest BCUT2D eigenvalue weighted by atomic mass is 32.1. The monoisotopic (exact) mass is 482 g/mol. The third kappa shape index (κ3) is 4.02. The van der Waals surface area contributed by atoms with E-state index in [0.29, 0.717) is 30.8 Å². The number of Topliss-reactive ketones (excluding diaryl/α,β-unsaturated/α-hetero) is 1. The molecule has 3 aromatic rings. The Bertz CT molecular complexity index is 1220. The molecule has 0 saturated carbocycles. The number of hydrogen-bond donors (Lipinski definition) is 0. The van der Waals surface area contributed by atoms with E-state index in [-0.39, 0.29) is 24.1 Å². The minimum atomic E-state index is -0.795. The molecule has 0 N–H and O–H groups in total. The summed E-state index contributed by atoms with van der Waals surface area (Å²) >= 11 is 1.33. The number of aromatic nitrogens is 3. The van der Waals surface area contributed by atoms with Gasteiger partial charge in [-0.05, 0) is 75.8 Å². The molecule has 3 heterocycles. The van der Waals surface area contributed by atoms with Gasteiger partial charge in [0.25, 0.3) is 0 Å². The summed E-state index contributed by atoms with van der Waals surface area (Å²) < 4.78 is 20.9. The zero-order valence-corrected chi connectivity index (χ0v) is 20.3. The molecule has 0 unspecified atom stereocenters. The van der Waals surface area contributed by atoms with E-state index in [1.807, 2.05) is 25.5 Å². The maximum Gasteiger partial charge on any atom is 0.410 e. The molecule has 1 saturated heterocycles. The number of nitrogens with zero attached hydrogens (tertiary/aromatic N) is 4. The predicted octanol–water partition coefficient (Wildman–Crippen LogP) is 4.69. The van der Waals surface area contributed by atoms with Gasteiger partial charge in [-0.1, -0.05) is 0 Å². The minimum absolute atomic E-state index is 0.0194. The Morgan fingerprint density at radius 3 is 2.68 bits per heavy atom. The highest BCUT2D eigenvalue weighted by Crippen LogP contribution is 2.48. The molecule has 5 rings (SSSR count). The highest BCUT2D eigenvalue weighted by Gasteiger charge is 2.54. The van der Waals surface area contributed by atoms with Crippen molar-refractivity contribution in [2.24, 2.45) is 11.3 Å². The molecule has 2 aromatic heterocycles. The molecule has 7 nitrogen and oxygen atoms in total. The number of amides is 1. The van der Waals surface area contributed by atoms with Crippen molar-refractivity contribution in [3.63, 3.8) is 0 Å². The van der Waals surface area contributed by atoms with Crippen molar-refractivity contribution in [3.05, 3.63) is 64.1 Å². The molecule has 9 heteroatoms. The van der Waals surface area contributed by atoms with E-state index < -0.39 is 17.1 Å². The van der Waals surface area contributed by atoms with Gasteiger partial charge in [0.05, 0.1) is 17.3 Å². The van der Waals surface area contributed by atoms with Gasteiger partial charge in [-0.25, -0.2) is 18.9 Å². The lowest BCUT2D eigenvalue weighted by Crippen LogP contribution is -2.58. The lowest BCUT2D eigenvalue weighted by molar-refractivity contribution is -0.0103. The summed E-state index contributed by atoms with van der Waals surface area (Å²) in [5, 5.41) is 6.84. The second-order valence-corrected chi connectivity index (χ2v) is 11.0. The molecule has 1 amide bonds. The topological polar surface area (TPSA) is 77.3 Å². The standard InChI is InChI=1S/C25H27FN4O3S/c1-24(2,3)33-23(32)29-10-8-17-12-20-16(14-28-30(20)19-6-4-18(26)5-7-19)13-25(17,15-29)21(31)22-27-9-11-34-22/h4-7,9,11,14,17H,8,10,12-13,15H2,1-3H3/t17-,25+/m0/s1. The van der Waals surface area contributed by atoms with Crippen molar-refractivity contribution in [2.75, 3.05) is 13.1 Å². The molecule has 0 spiro atoms. The summed E-state index contributed by atoms with van der Waals surface area (Å²) in [7, 11) is 0. The number of halogens is 1. The van der Waals surface area contributed by atoms with Gasteiger partial charge < -0.3 is 9.64 Å². The van der Waals surface area contributed by atoms with Crippen LogP contribution < -0.4 is 0 Å². The number of carbonyl (C=O) groups is 2. The largest absolute Gasteiger partial charge is 0.444 e. The first kappa shape index (κ1) is 22.7. The van der Waals surface area contributed by atoms with E-state index in [4.69, 9.17) is 4.74 Å². The van der Waals surface area contributed by atoms with Crippen molar-refractivity contribution in [3.8, 4) is 5.69 Å². The Morgan fingerprint density at radius 2 is 2.00 bits per heavy atom. The van der Waals surface area contributed by atoms with Crippen LogP contribution in [-0.2, 0) is 17.6 Å². The molecule has 0 radical (unpaired) electrons. The number of ketones is 1. The van der Waals surface area contributed by atoms with E-state index in [1.54, 1.807) is 34.8 Å². The lowest BCUT2D eigenvalue weighted by atomic mass is 9.60. The summed E-state index contributed by atoms with van der Waals surface area (Å²) in [6.07, 6.45) is 4.81. The lowest BCUT2D eigenvalue weighted by Gasteiger charge is -2.49. The fraction of sp³-hybridized carbons (Fsp3) is 0.440. The van der Waals surface area contributed by atoms with Crippen LogP contribution in [0, 0.1) is 17.2 Å². The Kier molecular flexibility index (Phi) is 5.55. The summed E-state index contributed by atoms with van der Waals surface area (Å²) in [6.45, 7) is 6.32. The fourth-order valence-electron chi connectivity index (χ4n) is 5.15. The number of hydrogen-bond acceptors (Lipinski definition) is 6. The summed E-state index contributed by atoms with van der Waals surface area (Å²) in [5.74, 6) is -0.306. The molecule has 1 aliphatic heterocycles. The second-order valence-electron chi connectivity index (χ2n) is 10.1. The van der Waals surface area contributed by atoms with Gasteiger partial charge in [0, 0.05) is 30.4 Å². The van der Waals surface area contributed by atoms with Crippen LogP contribution in [0.4, 0.5) is 9.18 Å². The Labute approximate surface area is 201 Å². The van der Waals surface area contributed by atoms with E-state index in [2.05, 4.69) is 10.1 Å². The van der Waals surface area contributed by atoms with Crippen LogP contribution in [0.5, 0.6) is 0 Å². The summed E-state index contributed by atoms with van der Waals surface area (Å²) in [4.78, 5) is 32.8.